The normalized spacial score (nSPS) is 15.0. The number of amides is 1. The van der Waals surface area contributed by atoms with Gasteiger partial charge in [-0.1, -0.05) is 0 Å². The van der Waals surface area contributed by atoms with E-state index in [9.17, 15) is 4.79 Å². The molecule has 4 rings (SSSR count). The maximum atomic E-state index is 12.8. The van der Waals surface area contributed by atoms with Crippen molar-refractivity contribution in [2.75, 3.05) is 31.1 Å². The Hall–Kier alpha value is -3.03. The second-order valence-corrected chi connectivity index (χ2v) is 5.74. The number of rotatable bonds is 2. The molecule has 0 N–H and O–H groups in total. The fourth-order valence-electron chi connectivity index (χ4n) is 2.93. The Morgan fingerprint density at radius 1 is 1.12 bits per heavy atom. The number of hydrogen-bond acceptors (Lipinski definition) is 6. The van der Waals surface area contributed by atoms with Crippen molar-refractivity contribution in [2.24, 2.45) is 0 Å². The molecule has 8 nitrogen and oxygen atoms in total. The highest BCUT2D eigenvalue weighted by Crippen LogP contribution is 2.16. The molecular weight excluding hydrogens is 306 g/mol. The van der Waals surface area contributed by atoms with Gasteiger partial charge in [-0.2, -0.15) is 10.2 Å². The van der Waals surface area contributed by atoms with Crippen LogP contribution in [0.1, 0.15) is 16.1 Å². The second-order valence-electron chi connectivity index (χ2n) is 5.74. The molecule has 122 valence electrons. The molecule has 1 saturated heterocycles. The lowest BCUT2D eigenvalue weighted by atomic mass is 10.2. The molecule has 0 saturated carbocycles. The Morgan fingerprint density at radius 3 is 2.71 bits per heavy atom. The third kappa shape index (κ3) is 2.45. The van der Waals surface area contributed by atoms with Crippen LogP contribution in [-0.2, 0) is 0 Å². The molecule has 3 aromatic heterocycles. The number of nitrogens with zero attached hydrogens (tertiary/aromatic N) is 7. The predicted octanol–water partition coefficient (Wildman–Crippen LogP) is 0.790. The first kappa shape index (κ1) is 14.6. The number of fused-ring (bicyclic) bond motifs is 1. The van der Waals surface area contributed by atoms with Crippen molar-refractivity contribution in [1.29, 1.82) is 0 Å². The molecule has 3 aromatic rings. The Morgan fingerprint density at radius 2 is 1.96 bits per heavy atom. The highest BCUT2D eigenvalue weighted by atomic mass is 16.2. The molecule has 8 heteroatoms. The van der Waals surface area contributed by atoms with E-state index in [0.29, 0.717) is 24.3 Å². The lowest BCUT2D eigenvalue weighted by molar-refractivity contribution is 0.0748. The van der Waals surface area contributed by atoms with E-state index in [0.717, 1.165) is 24.6 Å². The number of carbonyl (C=O) groups is 1. The molecule has 24 heavy (non-hydrogen) atoms. The molecule has 1 aliphatic rings. The quantitative estimate of drug-likeness (QED) is 0.694. The number of carbonyl (C=O) groups excluding carboxylic acids is 1. The molecule has 1 amide bonds. The molecular formula is C16H17N7O. The van der Waals surface area contributed by atoms with E-state index >= 15 is 0 Å². The summed E-state index contributed by atoms with van der Waals surface area (Å²) in [4.78, 5) is 21.1. The fourth-order valence-corrected chi connectivity index (χ4v) is 2.93. The first-order valence-electron chi connectivity index (χ1n) is 7.85. The first-order chi connectivity index (χ1) is 11.7. The minimum Gasteiger partial charge on any atom is -0.352 e. The van der Waals surface area contributed by atoms with Gasteiger partial charge in [-0.3, -0.25) is 4.79 Å². The Kier molecular flexibility index (Phi) is 3.56. The van der Waals surface area contributed by atoms with Crippen molar-refractivity contribution in [1.82, 2.24) is 29.7 Å². The van der Waals surface area contributed by atoms with Crippen LogP contribution in [-0.4, -0.2) is 61.8 Å². The summed E-state index contributed by atoms with van der Waals surface area (Å²) < 4.78 is 1.70. The van der Waals surface area contributed by atoms with Gasteiger partial charge in [0.15, 0.2) is 11.5 Å². The van der Waals surface area contributed by atoms with Crippen LogP contribution in [0.5, 0.6) is 0 Å². The maximum Gasteiger partial charge on any atom is 0.259 e. The van der Waals surface area contributed by atoms with Gasteiger partial charge in [0.1, 0.15) is 5.56 Å². The molecule has 4 heterocycles. The lowest BCUT2D eigenvalue weighted by Crippen LogP contribution is -2.49. The van der Waals surface area contributed by atoms with Crippen LogP contribution >= 0.6 is 0 Å². The van der Waals surface area contributed by atoms with Crippen molar-refractivity contribution in [3.8, 4) is 0 Å². The van der Waals surface area contributed by atoms with Crippen molar-refractivity contribution >= 4 is 17.4 Å². The smallest absolute Gasteiger partial charge is 0.259 e. The molecule has 0 bridgehead atoms. The van der Waals surface area contributed by atoms with Crippen LogP contribution in [0, 0.1) is 6.92 Å². The molecule has 0 aromatic carbocycles. The summed E-state index contributed by atoms with van der Waals surface area (Å²) in [6.07, 6.45) is 4.96. The highest BCUT2D eigenvalue weighted by Gasteiger charge is 2.25. The van der Waals surface area contributed by atoms with Gasteiger partial charge in [-0.15, -0.1) is 5.10 Å². The van der Waals surface area contributed by atoms with E-state index in [-0.39, 0.29) is 5.91 Å². The largest absolute Gasteiger partial charge is 0.352 e. The SMILES string of the molecule is Cc1ccnc2c(C(=O)N3CCN(c4cccnn4)CC3)cnn12. The third-order valence-electron chi connectivity index (χ3n) is 4.27. The van der Waals surface area contributed by atoms with Gasteiger partial charge in [-0.25, -0.2) is 9.50 Å². The monoisotopic (exact) mass is 323 g/mol. The fraction of sp³-hybridized carbons (Fsp3) is 0.312. The predicted molar refractivity (Wildman–Crippen MR) is 87.9 cm³/mol. The average Bonchev–Trinajstić information content (AvgIpc) is 3.07. The summed E-state index contributed by atoms with van der Waals surface area (Å²) >= 11 is 0. The van der Waals surface area contributed by atoms with Gasteiger partial charge < -0.3 is 9.80 Å². The standard InChI is InChI=1S/C16H17N7O/c1-12-4-6-17-15-13(11-19-23(12)15)16(24)22-9-7-21(8-10-22)14-3-2-5-18-20-14/h2-6,11H,7-10H2,1H3. The van der Waals surface area contributed by atoms with E-state index < -0.39 is 0 Å². The molecule has 0 aliphatic carbocycles. The average molecular weight is 323 g/mol. The van der Waals surface area contributed by atoms with E-state index in [2.05, 4.69) is 25.2 Å². The summed E-state index contributed by atoms with van der Waals surface area (Å²) in [5, 5.41) is 12.3. The van der Waals surface area contributed by atoms with Crippen molar-refractivity contribution in [2.45, 2.75) is 6.92 Å². The number of aromatic nitrogens is 5. The van der Waals surface area contributed by atoms with Gasteiger partial charge in [0.25, 0.3) is 5.91 Å². The van der Waals surface area contributed by atoms with E-state index in [1.54, 1.807) is 23.1 Å². The van der Waals surface area contributed by atoms with Crippen molar-refractivity contribution in [3.05, 3.63) is 48.0 Å². The van der Waals surface area contributed by atoms with Gasteiger partial charge in [0.2, 0.25) is 0 Å². The van der Waals surface area contributed by atoms with Crippen LogP contribution in [0.2, 0.25) is 0 Å². The molecule has 0 atom stereocenters. The number of anilines is 1. The summed E-state index contributed by atoms with van der Waals surface area (Å²) in [7, 11) is 0. The molecule has 0 radical (unpaired) electrons. The van der Waals surface area contributed by atoms with Crippen molar-refractivity contribution in [3.63, 3.8) is 0 Å². The number of hydrogen-bond donors (Lipinski definition) is 0. The zero-order valence-corrected chi connectivity index (χ0v) is 13.3. The minimum atomic E-state index is -0.0260. The van der Waals surface area contributed by atoms with Crippen LogP contribution in [0.25, 0.3) is 5.65 Å². The topological polar surface area (TPSA) is 79.5 Å². The minimum absolute atomic E-state index is 0.0260. The molecule has 0 spiro atoms. The zero-order chi connectivity index (χ0) is 16.5. The summed E-state index contributed by atoms with van der Waals surface area (Å²) in [6, 6.07) is 5.67. The summed E-state index contributed by atoms with van der Waals surface area (Å²) in [5.74, 6) is 0.819. The third-order valence-corrected chi connectivity index (χ3v) is 4.27. The maximum absolute atomic E-state index is 12.8. The zero-order valence-electron chi connectivity index (χ0n) is 13.3. The second kappa shape index (κ2) is 5.88. The van der Waals surface area contributed by atoms with Gasteiger partial charge in [0, 0.05) is 44.3 Å². The number of piperazine rings is 1. The van der Waals surface area contributed by atoms with E-state index in [4.69, 9.17) is 0 Å². The van der Waals surface area contributed by atoms with Gasteiger partial charge >= 0.3 is 0 Å². The Labute approximate surface area is 138 Å². The van der Waals surface area contributed by atoms with Crippen LogP contribution in [0.3, 0.4) is 0 Å². The summed E-state index contributed by atoms with van der Waals surface area (Å²) in [6.45, 7) is 4.68. The van der Waals surface area contributed by atoms with E-state index in [1.807, 2.05) is 30.0 Å². The molecule has 1 fully saturated rings. The van der Waals surface area contributed by atoms with Gasteiger partial charge in [-0.05, 0) is 25.1 Å². The van der Waals surface area contributed by atoms with Crippen LogP contribution in [0.4, 0.5) is 5.82 Å². The molecule has 1 aliphatic heterocycles. The highest BCUT2D eigenvalue weighted by molar-refractivity contribution is 5.99. The first-order valence-corrected chi connectivity index (χ1v) is 7.85. The van der Waals surface area contributed by atoms with Gasteiger partial charge in [0.05, 0.1) is 6.20 Å². The Balaban J connectivity index is 1.51. The van der Waals surface area contributed by atoms with Crippen molar-refractivity contribution < 1.29 is 4.79 Å². The van der Waals surface area contributed by atoms with Crippen LogP contribution in [0.15, 0.2) is 36.8 Å². The Bertz CT molecular complexity index is 869. The lowest BCUT2D eigenvalue weighted by Gasteiger charge is -2.34. The van der Waals surface area contributed by atoms with Crippen LogP contribution < -0.4 is 4.90 Å². The summed E-state index contributed by atoms with van der Waals surface area (Å²) in [5.41, 5.74) is 2.11. The number of aryl methyl sites for hydroxylation is 1. The molecule has 0 unspecified atom stereocenters. The van der Waals surface area contributed by atoms with E-state index in [1.165, 1.54) is 0 Å².